The minimum Gasteiger partial charge on any atom is -0.491 e. The van der Waals surface area contributed by atoms with Gasteiger partial charge in [-0.25, -0.2) is 0 Å². The fourth-order valence-electron chi connectivity index (χ4n) is 3.78. The van der Waals surface area contributed by atoms with Crippen molar-refractivity contribution in [3.05, 3.63) is 72.3 Å². The Bertz CT molecular complexity index is 943. The minimum absolute atomic E-state index is 0.0354. The molecule has 0 aliphatic carbocycles. The molecular formula is C26H30O5. The summed E-state index contributed by atoms with van der Waals surface area (Å²) in [4.78, 5) is 12.2. The van der Waals surface area contributed by atoms with Crippen LogP contribution in [0.25, 0.3) is 0 Å². The van der Waals surface area contributed by atoms with Crippen molar-refractivity contribution in [1.29, 1.82) is 0 Å². The van der Waals surface area contributed by atoms with E-state index in [2.05, 4.69) is 13.2 Å². The summed E-state index contributed by atoms with van der Waals surface area (Å²) in [6.07, 6.45) is 1.99. The van der Waals surface area contributed by atoms with Gasteiger partial charge in [-0.1, -0.05) is 12.7 Å². The largest absolute Gasteiger partial charge is 0.491 e. The van der Waals surface area contributed by atoms with Gasteiger partial charge in [0.05, 0.1) is 18.6 Å². The molecule has 2 aromatic carbocycles. The zero-order valence-corrected chi connectivity index (χ0v) is 18.9. The van der Waals surface area contributed by atoms with Gasteiger partial charge in [0, 0.05) is 23.3 Å². The zero-order valence-electron chi connectivity index (χ0n) is 18.9. The van der Waals surface area contributed by atoms with E-state index in [1.54, 1.807) is 6.08 Å². The second kappa shape index (κ2) is 8.88. The van der Waals surface area contributed by atoms with E-state index in [1.165, 1.54) is 0 Å². The summed E-state index contributed by atoms with van der Waals surface area (Å²) in [5.41, 5.74) is 1.15. The highest BCUT2D eigenvalue weighted by molar-refractivity contribution is 5.81. The number of carbonyl (C=O) groups excluding carboxylic acids is 1. The molecule has 5 heteroatoms. The maximum Gasteiger partial charge on any atom is 0.311 e. The average Bonchev–Trinajstić information content (AvgIpc) is 2.95. The molecule has 2 aromatic rings. The molecule has 1 fully saturated rings. The number of benzene rings is 2. The molecule has 0 radical (unpaired) electrons. The minimum atomic E-state index is -1.05. The second-order valence-corrected chi connectivity index (χ2v) is 8.10. The predicted molar refractivity (Wildman–Crippen MR) is 121 cm³/mol. The van der Waals surface area contributed by atoms with Crippen LogP contribution >= 0.6 is 0 Å². The van der Waals surface area contributed by atoms with Gasteiger partial charge in [0.1, 0.15) is 23.0 Å². The highest BCUT2D eigenvalue weighted by Crippen LogP contribution is 2.56. The van der Waals surface area contributed by atoms with E-state index in [0.29, 0.717) is 28.6 Å². The molecule has 0 atom stereocenters. The van der Waals surface area contributed by atoms with Crippen LogP contribution in [0.2, 0.25) is 0 Å². The summed E-state index contributed by atoms with van der Waals surface area (Å²) in [5, 5.41) is 0. The average molecular weight is 423 g/mol. The molecule has 5 nitrogen and oxygen atoms in total. The summed E-state index contributed by atoms with van der Waals surface area (Å²) in [6.45, 7) is 17.3. The summed E-state index contributed by atoms with van der Waals surface area (Å²) < 4.78 is 23.7. The van der Waals surface area contributed by atoms with Gasteiger partial charge in [0.25, 0.3) is 0 Å². The molecular weight excluding hydrogens is 392 g/mol. The van der Waals surface area contributed by atoms with Crippen LogP contribution in [-0.2, 0) is 15.1 Å². The predicted octanol–water partition coefficient (Wildman–Crippen LogP) is 6.31. The van der Waals surface area contributed by atoms with Gasteiger partial charge in [-0.3, -0.25) is 4.79 Å². The lowest BCUT2D eigenvalue weighted by molar-refractivity contribution is -0.146. The van der Waals surface area contributed by atoms with E-state index in [0.717, 1.165) is 11.1 Å². The van der Waals surface area contributed by atoms with Crippen LogP contribution in [0, 0.1) is 0 Å². The van der Waals surface area contributed by atoms with Crippen molar-refractivity contribution in [2.45, 2.75) is 58.8 Å². The first-order valence-electron chi connectivity index (χ1n) is 10.5. The number of hydrogen-bond acceptors (Lipinski definition) is 5. The number of allylic oxidation sites excluding steroid dienone is 1. The first-order valence-corrected chi connectivity index (χ1v) is 10.5. The van der Waals surface area contributed by atoms with Crippen LogP contribution in [0.3, 0.4) is 0 Å². The highest BCUT2D eigenvalue weighted by Gasteiger charge is 2.52. The molecule has 0 aromatic heterocycles. The number of hydrogen-bond donors (Lipinski definition) is 0. The van der Waals surface area contributed by atoms with E-state index >= 15 is 0 Å². The van der Waals surface area contributed by atoms with Crippen molar-refractivity contribution in [1.82, 2.24) is 0 Å². The van der Waals surface area contributed by atoms with Gasteiger partial charge >= 0.3 is 5.97 Å². The zero-order chi connectivity index (χ0) is 22.8. The first kappa shape index (κ1) is 22.5. The van der Waals surface area contributed by atoms with Crippen molar-refractivity contribution in [2.75, 3.05) is 0 Å². The number of fused-ring (bicyclic) bond motifs is 4. The van der Waals surface area contributed by atoms with Crippen LogP contribution < -0.4 is 14.2 Å². The van der Waals surface area contributed by atoms with Crippen molar-refractivity contribution < 1.29 is 23.7 Å². The van der Waals surface area contributed by atoms with Crippen molar-refractivity contribution in [3.8, 4) is 23.0 Å². The normalized spacial score (nSPS) is 15.5. The Labute approximate surface area is 184 Å². The van der Waals surface area contributed by atoms with Crippen molar-refractivity contribution >= 4 is 5.97 Å². The van der Waals surface area contributed by atoms with E-state index in [1.807, 2.05) is 71.0 Å². The smallest absolute Gasteiger partial charge is 0.311 e. The molecule has 0 amide bonds. The molecule has 0 N–H and O–H groups in total. The Morgan fingerprint density at radius 2 is 1.42 bits per heavy atom. The highest BCUT2D eigenvalue weighted by atomic mass is 16.6. The third-order valence-electron chi connectivity index (χ3n) is 4.75. The Morgan fingerprint density at radius 1 is 0.968 bits per heavy atom. The SMILES string of the molecule is C=C1CC(=O)OC12c1ccc(OC(C)C)cc1Oc1cc(OC(C)C)ccc12.C=CC. The molecule has 0 bridgehead atoms. The van der Waals surface area contributed by atoms with Crippen molar-refractivity contribution in [3.63, 3.8) is 0 Å². The third-order valence-corrected chi connectivity index (χ3v) is 4.75. The second-order valence-electron chi connectivity index (χ2n) is 8.10. The van der Waals surface area contributed by atoms with Crippen LogP contribution in [-0.4, -0.2) is 18.2 Å². The topological polar surface area (TPSA) is 54.0 Å². The van der Waals surface area contributed by atoms with Crippen LogP contribution in [0.1, 0.15) is 52.2 Å². The molecule has 31 heavy (non-hydrogen) atoms. The fraction of sp³-hybridized carbons (Fsp3) is 0.346. The lowest BCUT2D eigenvalue weighted by Gasteiger charge is -2.36. The Kier molecular flexibility index (Phi) is 6.44. The monoisotopic (exact) mass is 422 g/mol. The molecule has 0 saturated carbocycles. The van der Waals surface area contributed by atoms with Gasteiger partial charge in [0.2, 0.25) is 0 Å². The maximum absolute atomic E-state index is 12.2. The molecule has 1 spiro atoms. The van der Waals surface area contributed by atoms with Crippen LogP contribution in [0.5, 0.6) is 23.0 Å². The fourth-order valence-corrected chi connectivity index (χ4v) is 3.78. The number of esters is 1. The number of ether oxygens (including phenoxy) is 4. The third kappa shape index (κ3) is 4.31. The number of carbonyl (C=O) groups is 1. The molecule has 2 heterocycles. The van der Waals surface area contributed by atoms with Gasteiger partial charge in [-0.2, -0.15) is 0 Å². The lowest BCUT2D eigenvalue weighted by Crippen LogP contribution is -2.32. The summed E-state index contributed by atoms with van der Waals surface area (Å²) in [6, 6.07) is 11.2. The lowest BCUT2D eigenvalue weighted by atomic mass is 9.78. The molecule has 164 valence electrons. The Balaban J connectivity index is 0.000000858. The van der Waals surface area contributed by atoms with Gasteiger partial charge in [0.15, 0.2) is 5.60 Å². The summed E-state index contributed by atoms with van der Waals surface area (Å²) in [5.74, 6) is 2.26. The summed E-state index contributed by atoms with van der Waals surface area (Å²) >= 11 is 0. The number of rotatable bonds is 4. The molecule has 0 unspecified atom stereocenters. The van der Waals surface area contributed by atoms with E-state index < -0.39 is 5.60 Å². The van der Waals surface area contributed by atoms with E-state index in [9.17, 15) is 4.79 Å². The van der Waals surface area contributed by atoms with Gasteiger partial charge in [-0.05, 0) is 64.5 Å². The van der Waals surface area contributed by atoms with E-state index in [4.69, 9.17) is 18.9 Å². The molecule has 2 aliphatic heterocycles. The first-order chi connectivity index (χ1) is 14.7. The standard InChI is InChI=1S/C23H24O5.C3H6/c1-13(2)25-16-6-8-18-20(11-16)27-21-12-17(26-14(3)4)7-9-19(21)23(18)15(5)10-22(24)28-23;1-3-2/h6-9,11-14H,5,10H2,1-4H3;3H,1H2,2H3. The maximum atomic E-state index is 12.2. The van der Waals surface area contributed by atoms with Gasteiger partial charge in [-0.15, -0.1) is 6.58 Å². The quantitative estimate of drug-likeness (QED) is 0.427. The van der Waals surface area contributed by atoms with Crippen LogP contribution in [0.15, 0.2) is 61.2 Å². The van der Waals surface area contributed by atoms with Crippen LogP contribution in [0.4, 0.5) is 0 Å². The van der Waals surface area contributed by atoms with Gasteiger partial charge < -0.3 is 18.9 Å². The Hall–Kier alpha value is -3.21. The summed E-state index contributed by atoms with van der Waals surface area (Å²) in [7, 11) is 0. The molecule has 1 saturated heterocycles. The molecule has 4 rings (SSSR count). The van der Waals surface area contributed by atoms with E-state index in [-0.39, 0.29) is 24.6 Å². The Morgan fingerprint density at radius 3 is 1.77 bits per heavy atom. The van der Waals surface area contributed by atoms with Crippen molar-refractivity contribution in [2.24, 2.45) is 0 Å². The molecule has 2 aliphatic rings.